The van der Waals surface area contributed by atoms with Gasteiger partial charge in [0, 0.05) is 51.8 Å². The van der Waals surface area contributed by atoms with Gasteiger partial charge in [0.25, 0.3) is 0 Å². The van der Waals surface area contributed by atoms with E-state index in [2.05, 4.69) is 13.0 Å². The molecule has 2 aliphatic heterocycles. The Labute approximate surface area is 312 Å². The first-order chi connectivity index (χ1) is 25.6. The fourth-order valence-corrected chi connectivity index (χ4v) is 8.70. The lowest BCUT2D eigenvalue weighted by Crippen LogP contribution is -2.37. The summed E-state index contributed by atoms with van der Waals surface area (Å²) >= 11 is 7.12. The van der Waals surface area contributed by atoms with Crippen molar-refractivity contribution >= 4 is 39.2 Å². The Morgan fingerprint density at radius 1 is 1.04 bits per heavy atom. The Morgan fingerprint density at radius 3 is 2.70 bits per heavy atom. The Balaban J connectivity index is 1.30. The van der Waals surface area contributed by atoms with Gasteiger partial charge in [0.15, 0.2) is 0 Å². The van der Waals surface area contributed by atoms with Crippen LogP contribution in [0.15, 0.2) is 48.5 Å². The highest BCUT2D eigenvalue weighted by Crippen LogP contribution is 2.47. The van der Waals surface area contributed by atoms with Gasteiger partial charge in [-0.05, 0) is 112 Å². The second kappa shape index (κ2) is 13.9. The molecular weight excluding hydrogens is 697 g/mol. The number of carboxylic acid groups (broad SMARTS) is 1. The quantitative estimate of drug-likeness (QED) is 0.195. The Morgan fingerprint density at radius 2 is 1.89 bits per heavy atom. The van der Waals surface area contributed by atoms with Crippen LogP contribution in [0.4, 0.5) is 4.39 Å². The molecule has 10 nitrogen and oxygen atoms in total. The van der Waals surface area contributed by atoms with Crippen LogP contribution >= 0.6 is 11.6 Å². The number of methoxy groups -OCH3 is 1. The highest BCUT2D eigenvalue weighted by Gasteiger charge is 2.40. The van der Waals surface area contributed by atoms with E-state index in [4.69, 9.17) is 36.0 Å². The van der Waals surface area contributed by atoms with Gasteiger partial charge in [-0.15, -0.1) is 0 Å². The Hall–Kier alpha value is -4.71. The van der Waals surface area contributed by atoms with Crippen LogP contribution in [0.25, 0.3) is 32.8 Å². The maximum absolute atomic E-state index is 14.5. The molecular formula is C41H43ClFN5O5. The molecule has 12 heteroatoms. The number of fused-ring (bicyclic) bond motifs is 7. The molecule has 5 heterocycles. The van der Waals surface area contributed by atoms with E-state index in [0.717, 1.165) is 67.6 Å². The van der Waals surface area contributed by atoms with Crippen LogP contribution in [0.2, 0.25) is 5.02 Å². The topological polar surface area (TPSA) is 106 Å². The van der Waals surface area contributed by atoms with Gasteiger partial charge in [0.1, 0.15) is 22.9 Å². The second-order valence-corrected chi connectivity index (χ2v) is 14.8. The van der Waals surface area contributed by atoms with E-state index in [1.54, 1.807) is 13.2 Å². The lowest BCUT2D eigenvalue weighted by Gasteiger charge is -2.36. The second-order valence-electron chi connectivity index (χ2n) is 14.4. The third kappa shape index (κ3) is 6.28. The van der Waals surface area contributed by atoms with Gasteiger partial charge < -0.3 is 23.9 Å². The summed E-state index contributed by atoms with van der Waals surface area (Å²) in [7, 11) is 1.69. The first-order valence-electron chi connectivity index (χ1n) is 18.2. The molecule has 0 fully saturated rings. The molecule has 0 radical (unpaired) electrons. The highest BCUT2D eigenvalue weighted by molar-refractivity contribution is 6.35. The molecule has 0 aliphatic carbocycles. The number of aryl methyl sites for hydroxylation is 6. The Bertz CT molecular complexity index is 2400. The molecule has 1 atom stereocenters. The van der Waals surface area contributed by atoms with Crippen LogP contribution in [0.1, 0.15) is 64.2 Å². The number of aromatic carboxylic acids is 1. The smallest absolute Gasteiger partial charge is 0.352 e. The fraction of sp³-hybridized carbons (Fsp3) is 0.390. The Kier molecular flexibility index (Phi) is 9.28. The summed E-state index contributed by atoms with van der Waals surface area (Å²) in [4.78, 5) is 12.9. The van der Waals surface area contributed by atoms with E-state index in [-0.39, 0.29) is 11.5 Å². The standard InChI is InChI=1S/C41H43ClFN5O5/c1-24-35-33-11-10-32(42)37(35)36-25(2)44-48-16-19-53-41(3,39(36)48)13-12-29-23-30(47(45-29)15-18-51-4)8-6-26-20-27-22-28(43)7-9-31(27)34(21-26)52-17-5-14-46(33)38(24)40(49)50/h7,9-11,20-23H,5-6,8,12-19H2,1-4H3,(H,49,50). The van der Waals surface area contributed by atoms with Crippen LogP contribution in [0.5, 0.6) is 5.75 Å². The molecule has 8 bridgehead atoms. The lowest BCUT2D eigenvalue weighted by atomic mass is 9.86. The third-order valence-electron chi connectivity index (χ3n) is 10.9. The van der Waals surface area contributed by atoms with Crippen molar-refractivity contribution in [1.82, 2.24) is 24.1 Å². The lowest BCUT2D eigenvalue weighted by molar-refractivity contribution is -0.0719. The molecule has 0 saturated heterocycles. The van der Waals surface area contributed by atoms with Gasteiger partial charge in [0.05, 0.1) is 50.0 Å². The summed E-state index contributed by atoms with van der Waals surface area (Å²) in [6.07, 6.45) is 3.23. The molecule has 0 spiro atoms. The maximum atomic E-state index is 14.5. The van der Waals surface area contributed by atoms with Gasteiger partial charge in [-0.25, -0.2) is 9.18 Å². The van der Waals surface area contributed by atoms with Crippen molar-refractivity contribution in [3.63, 3.8) is 0 Å². The van der Waals surface area contributed by atoms with E-state index in [0.29, 0.717) is 81.5 Å². The normalized spacial score (nSPS) is 17.8. The van der Waals surface area contributed by atoms with Crippen molar-refractivity contribution in [3.05, 3.63) is 99.0 Å². The minimum absolute atomic E-state index is 0.214. The van der Waals surface area contributed by atoms with Crippen molar-refractivity contribution < 1.29 is 28.5 Å². The van der Waals surface area contributed by atoms with E-state index >= 15 is 0 Å². The van der Waals surface area contributed by atoms with Crippen LogP contribution < -0.4 is 4.74 Å². The van der Waals surface area contributed by atoms with Crippen molar-refractivity contribution in [2.24, 2.45) is 0 Å². The van der Waals surface area contributed by atoms with Gasteiger partial charge in [-0.3, -0.25) is 9.36 Å². The maximum Gasteiger partial charge on any atom is 0.352 e. The number of ether oxygens (including phenoxy) is 3. The van der Waals surface area contributed by atoms with Gasteiger partial charge in [-0.1, -0.05) is 17.7 Å². The first-order valence-corrected chi connectivity index (χ1v) is 18.6. The van der Waals surface area contributed by atoms with Crippen molar-refractivity contribution in [2.75, 3.05) is 26.9 Å². The van der Waals surface area contributed by atoms with E-state index < -0.39 is 11.6 Å². The summed E-state index contributed by atoms with van der Waals surface area (Å²) in [6, 6.07) is 14.7. The zero-order valence-electron chi connectivity index (χ0n) is 30.5. The molecule has 2 aliphatic rings. The zero-order chi connectivity index (χ0) is 37.0. The van der Waals surface area contributed by atoms with Crippen LogP contribution in [-0.2, 0) is 54.0 Å². The van der Waals surface area contributed by atoms with Crippen LogP contribution in [-0.4, -0.2) is 62.1 Å². The predicted molar refractivity (Wildman–Crippen MR) is 202 cm³/mol. The summed E-state index contributed by atoms with van der Waals surface area (Å²) in [5.41, 5.74) is 7.35. The van der Waals surface area contributed by atoms with Gasteiger partial charge in [-0.2, -0.15) is 10.2 Å². The number of hydrogen-bond acceptors (Lipinski definition) is 6. The SMILES string of the molecule is COCCn1nc2cc1CCc1cc(c3ccc(F)cc3c1)OCCCn1c(C(=O)O)c(C)c3c(c(Cl)ccc31)-c1c(C)nn3c1C(C)(CC2)OCC3. The average molecular weight is 740 g/mol. The predicted octanol–water partition coefficient (Wildman–Crippen LogP) is 8.05. The number of carboxylic acids is 1. The van der Waals surface area contributed by atoms with Crippen molar-refractivity contribution in [2.45, 2.75) is 78.1 Å². The minimum Gasteiger partial charge on any atom is -0.493 e. The number of hydrogen-bond donors (Lipinski definition) is 1. The largest absolute Gasteiger partial charge is 0.493 e. The molecule has 53 heavy (non-hydrogen) atoms. The van der Waals surface area contributed by atoms with E-state index in [9.17, 15) is 14.3 Å². The number of rotatable bonds is 4. The summed E-state index contributed by atoms with van der Waals surface area (Å²) in [5.74, 6) is -0.651. The summed E-state index contributed by atoms with van der Waals surface area (Å²) in [6.45, 7) is 8.92. The molecule has 1 N–H and O–H groups in total. The summed E-state index contributed by atoms with van der Waals surface area (Å²) < 4.78 is 38.9. The number of nitrogens with zero attached hydrogens (tertiary/aromatic N) is 5. The number of aromatic nitrogens is 5. The van der Waals surface area contributed by atoms with E-state index in [1.807, 2.05) is 52.0 Å². The highest BCUT2D eigenvalue weighted by atomic mass is 35.5. The minimum atomic E-state index is -1.01. The molecule has 0 amide bonds. The third-order valence-corrected chi connectivity index (χ3v) is 11.2. The number of benzene rings is 3. The molecule has 0 saturated carbocycles. The van der Waals surface area contributed by atoms with Gasteiger partial charge in [0.2, 0.25) is 0 Å². The number of halogens is 2. The molecule has 3 aromatic carbocycles. The zero-order valence-corrected chi connectivity index (χ0v) is 31.2. The van der Waals surface area contributed by atoms with Crippen LogP contribution in [0, 0.1) is 19.7 Å². The first kappa shape index (κ1) is 35.3. The molecule has 6 aromatic rings. The van der Waals surface area contributed by atoms with Crippen molar-refractivity contribution in [1.29, 1.82) is 0 Å². The summed E-state index contributed by atoms with van der Waals surface area (Å²) in [5, 5.41) is 23.5. The molecule has 276 valence electrons. The van der Waals surface area contributed by atoms with E-state index in [1.165, 1.54) is 12.1 Å². The van der Waals surface area contributed by atoms with Crippen LogP contribution in [0.3, 0.4) is 0 Å². The number of carbonyl (C=O) groups is 1. The van der Waals surface area contributed by atoms with Crippen molar-refractivity contribution in [3.8, 4) is 16.9 Å². The average Bonchev–Trinajstić information content (AvgIpc) is 3.77. The van der Waals surface area contributed by atoms with Gasteiger partial charge >= 0.3 is 5.97 Å². The monoisotopic (exact) mass is 739 g/mol. The molecule has 1 unspecified atom stereocenters. The molecule has 8 rings (SSSR count). The fourth-order valence-electron chi connectivity index (χ4n) is 8.44. The molecule has 3 aromatic heterocycles.